The number of hydrogen-bond donors (Lipinski definition) is 1. The van der Waals surface area contributed by atoms with Crippen molar-refractivity contribution in [2.45, 2.75) is 19.6 Å². The first-order valence-corrected chi connectivity index (χ1v) is 9.54. The fourth-order valence-electron chi connectivity index (χ4n) is 2.56. The van der Waals surface area contributed by atoms with Crippen molar-refractivity contribution < 1.29 is 19.0 Å². The molecule has 6 nitrogen and oxygen atoms in total. The molecule has 0 bridgehead atoms. The van der Waals surface area contributed by atoms with Gasteiger partial charge < -0.3 is 14.2 Å². The highest BCUT2D eigenvalue weighted by atomic mass is 16.5. The first kappa shape index (κ1) is 20.9. The summed E-state index contributed by atoms with van der Waals surface area (Å²) in [6.45, 7) is 2.16. The van der Waals surface area contributed by atoms with Gasteiger partial charge in [-0.15, -0.1) is 0 Å². The van der Waals surface area contributed by atoms with Gasteiger partial charge in [-0.3, -0.25) is 4.79 Å². The molecule has 0 saturated carbocycles. The molecule has 3 aromatic carbocycles. The molecule has 0 spiro atoms. The SMILES string of the molecule is COc1ccc(/C=N\NC(=O)C(C)Oc2ccc(OCc3ccccc3)cc2)cc1. The van der Waals surface area contributed by atoms with Gasteiger partial charge in [-0.05, 0) is 66.6 Å². The Balaban J connectivity index is 1.45. The van der Waals surface area contributed by atoms with Gasteiger partial charge in [0, 0.05) is 0 Å². The minimum Gasteiger partial charge on any atom is -0.497 e. The minimum absolute atomic E-state index is 0.343. The van der Waals surface area contributed by atoms with Crippen LogP contribution in [0.2, 0.25) is 0 Å². The van der Waals surface area contributed by atoms with Crippen LogP contribution in [-0.2, 0) is 11.4 Å². The summed E-state index contributed by atoms with van der Waals surface area (Å²) >= 11 is 0. The van der Waals surface area contributed by atoms with Crippen molar-refractivity contribution in [3.63, 3.8) is 0 Å². The number of nitrogens with one attached hydrogen (secondary N) is 1. The summed E-state index contributed by atoms with van der Waals surface area (Å²) < 4.78 is 16.5. The summed E-state index contributed by atoms with van der Waals surface area (Å²) in [5.74, 6) is 1.72. The third kappa shape index (κ3) is 6.38. The predicted molar refractivity (Wildman–Crippen MR) is 116 cm³/mol. The van der Waals surface area contributed by atoms with Crippen molar-refractivity contribution in [1.82, 2.24) is 5.43 Å². The van der Waals surface area contributed by atoms with Gasteiger partial charge in [0.15, 0.2) is 6.10 Å². The van der Waals surface area contributed by atoms with Crippen molar-refractivity contribution >= 4 is 12.1 Å². The summed E-state index contributed by atoms with van der Waals surface area (Å²) in [4.78, 5) is 12.2. The van der Waals surface area contributed by atoms with E-state index >= 15 is 0 Å². The fourth-order valence-corrected chi connectivity index (χ4v) is 2.56. The molecule has 30 heavy (non-hydrogen) atoms. The molecule has 0 heterocycles. The van der Waals surface area contributed by atoms with Crippen molar-refractivity contribution in [2.24, 2.45) is 5.10 Å². The van der Waals surface area contributed by atoms with Gasteiger partial charge in [0.25, 0.3) is 5.91 Å². The Morgan fingerprint density at radius 1 is 0.933 bits per heavy atom. The van der Waals surface area contributed by atoms with Crippen LogP contribution in [0.1, 0.15) is 18.1 Å². The minimum atomic E-state index is -0.700. The number of hydrogen-bond acceptors (Lipinski definition) is 5. The summed E-state index contributed by atoms with van der Waals surface area (Å²) in [5, 5.41) is 3.96. The van der Waals surface area contributed by atoms with Crippen molar-refractivity contribution in [1.29, 1.82) is 0 Å². The number of methoxy groups -OCH3 is 1. The van der Waals surface area contributed by atoms with E-state index in [9.17, 15) is 4.79 Å². The summed E-state index contributed by atoms with van der Waals surface area (Å²) in [5.41, 5.74) is 4.42. The molecular formula is C24H24N2O4. The molecule has 6 heteroatoms. The lowest BCUT2D eigenvalue weighted by Crippen LogP contribution is -2.33. The average molecular weight is 404 g/mol. The molecule has 1 N–H and O–H groups in total. The molecule has 154 valence electrons. The quantitative estimate of drug-likeness (QED) is 0.429. The van der Waals surface area contributed by atoms with Crippen LogP contribution >= 0.6 is 0 Å². The number of amides is 1. The summed E-state index contributed by atoms with van der Waals surface area (Å²) in [6, 6.07) is 24.4. The predicted octanol–water partition coefficient (Wildman–Crippen LogP) is 4.19. The summed E-state index contributed by atoms with van der Waals surface area (Å²) in [7, 11) is 1.61. The van der Waals surface area contributed by atoms with Gasteiger partial charge in [0.1, 0.15) is 23.9 Å². The topological polar surface area (TPSA) is 69.2 Å². The maximum absolute atomic E-state index is 12.2. The lowest BCUT2D eigenvalue weighted by Gasteiger charge is -2.13. The van der Waals surface area contributed by atoms with E-state index in [1.807, 2.05) is 66.7 Å². The van der Waals surface area contributed by atoms with E-state index in [0.29, 0.717) is 12.4 Å². The van der Waals surface area contributed by atoms with Crippen LogP contribution in [-0.4, -0.2) is 25.3 Å². The highest BCUT2D eigenvalue weighted by molar-refractivity contribution is 5.84. The number of ether oxygens (including phenoxy) is 3. The second-order valence-corrected chi connectivity index (χ2v) is 6.51. The van der Waals surface area contributed by atoms with Crippen LogP contribution in [0.3, 0.4) is 0 Å². The standard InChI is InChI=1S/C24H24N2O4/c1-18(24(27)26-25-16-19-8-10-21(28-2)11-9-19)30-23-14-12-22(13-15-23)29-17-20-6-4-3-5-7-20/h3-16,18H,17H2,1-2H3,(H,26,27)/b25-16-. The number of carbonyl (C=O) groups is 1. The maximum atomic E-state index is 12.2. The second-order valence-electron chi connectivity index (χ2n) is 6.51. The average Bonchev–Trinajstić information content (AvgIpc) is 2.79. The van der Waals surface area contributed by atoms with Crippen molar-refractivity contribution in [3.8, 4) is 17.2 Å². The molecule has 0 radical (unpaired) electrons. The van der Waals surface area contributed by atoms with Crippen LogP contribution in [0.4, 0.5) is 0 Å². The monoisotopic (exact) mass is 404 g/mol. The van der Waals surface area contributed by atoms with Crippen LogP contribution in [0, 0.1) is 0 Å². The number of benzene rings is 3. The zero-order valence-electron chi connectivity index (χ0n) is 16.9. The highest BCUT2D eigenvalue weighted by Gasteiger charge is 2.13. The Kier molecular flexibility index (Phi) is 7.44. The third-order valence-corrected chi connectivity index (χ3v) is 4.26. The third-order valence-electron chi connectivity index (χ3n) is 4.26. The molecule has 1 atom stereocenters. The number of rotatable bonds is 9. The van der Waals surface area contributed by atoms with Gasteiger partial charge in [-0.1, -0.05) is 30.3 Å². The van der Waals surface area contributed by atoms with Crippen LogP contribution in [0.25, 0.3) is 0 Å². The molecule has 3 rings (SSSR count). The smallest absolute Gasteiger partial charge is 0.280 e. The van der Waals surface area contributed by atoms with Gasteiger partial charge in [-0.25, -0.2) is 5.43 Å². The highest BCUT2D eigenvalue weighted by Crippen LogP contribution is 2.19. The van der Waals surface area contributed by atoms with E-state index < -0.39 is 6.10 Å². The van der Waals surface area contributed by atoms with Crippen molar-refractivity contribution in [2.75, 3.05) is 7.11 Å². The Morgan fingerprint density at radius 3 is 2.23 bits per heavy atom. The largest absolute Gasteiger partial charge is 0.497 e. The zero-order chi connectivity index (χ0) is 21.2. The Bertz CT molecular complexity index is 955. The van der Waals surface area contributed by atoms with Crippen LogP contribution in [0.15, 0.2) is 84.0 Å². The van der Waals surface area contributed by atoms with E-state index in [1.165, 1.54) is 0 Å². The number of hydrazone groups is 1. The molecule has 1 amide bonds. The number of nitrogens with zero attached hydrogens (tertiary/aromatic N) is 1. The molecule has 0 aliphatic heterocycles. The molecular weight excluding hydrogens is 380 g/mol. The molecule has 0 aliphatic carbocycles. The normalized spacial score (nSPS) is 11.7. The van der Waals surface area contributed by atoms with E-state index in [0.717, 1.165) is 22.6 Å². The first-order valence-electron chi connectivity index (χ1n) is 9.54. The molecule has 0 fully saturated rings. The number of carbonyl (C=O) groups excluding carboxylic acids is 1. The van der Waals surface area contributed by atoms with E-state index in [-0.39, 0.29) is 5.91 Å². The second kappa shape index (κ2) is 10.7. The van der Waals surface area contributed by atoms with Gasteiger partial charge in [0.05, 0.1) is 13.3 Å². The molecule has 0 saturated heterocycles. The molecule has 3 aromatic rings. The lowest BCUT2D eigenvalue weighted by molar-refractivity contribution is -0.127. The van der Waals surface area contributed by atoms with Crippen molar-refractivity contribution in [3.05, 3.63) is 90.0 Å². The summed E-state index contributed by atoms with van der Waals surface area (Å²) in [6.07, 6.45) is 0.859. The first-order chi connectivity index (χ1) is 14.6. The van der Waals surface area contributed by atoms with Crippen LogP contribution in [0.5, 0.6) is 17.2 Å². The van der Waals surface area contributed by atoms with Gasteiger partial charge in [0.2, 0.25) is 0 Å². The van der Waals surface area contributed by atoms with Crippen LogP contribution < -0.4 is 19.6 Å². The maximum Gasteiger partial charge on any atom is 0.280 e. The molecule has 0 aliphatic rings. The fraction of sp³-hybridized carbons (Fsp3) is 0.167. The van der Waals surface area contributed by atoms with Gasteiger partial charge >= 0.3 is 0 Å². The van der Waals surface area contributed by atoms with Gasteiger partial charge in [-0.2, -0.15) is 5.10 Å². The Hall–Kier alpha value is -3.80. The lowest BCUT2D eigenvalue weighted by atomic mass is 10.2. The van der Waals surface area contributed by atoms with E-state index in [2.05, 4.69) is 10.5 Å². The Morgan fingerprint density at radius 2 is 1.57 bits per heavy atom. The molecule has 1 unspecified atom stereocenters. The molecule has 0 aromatic heterocycles. The Labute approximate surface area is 176 Å². The zero-order valence-corrected chi connectivity index (χ0v) is 16.9. The van der Waals surface area contributed by atoms with E-state index in [4.69, 9.17) is 14.2 Å². The van der Waals surface area contributed by atoms with E-state index in [1.54, 1.807) is 32.4 Å².